The molecule has 0 amide bonds. The molecule has 1 unspecified atom stereocenters. The maximum Gasteiger partial charge on any atom is 0.338 e. The summed E-state index contributed by atoms with van der Waals surface area (Å²) in [6.07, 6.45) is 3.52. The number of carboxylic acids is 1. The molecular weight excluding hydrogens is 414 g/mol. The van der Waals surface area contributed by atoms with Gasteiger partial charge in [-0.25, -0.2) is 18.6 Å². The second-order valence-electron chi connectivity index (χ2n) is 8.32. The van der Waals surface area contributed by atoms with Crippen molar-refractivity contribution in [3.8, 4) is 17.0 Å². The smallest absolute Gasteiger partial charge is 0.338 e. The molecule has 0 spiro atoms. The number of hydrogen-bond donors (Lipinski definition) is 1. The van der Waals surface area contributed by atoms with Crippen molar-refractivity contribution < 1.29 is 23.4 Å². The van der Waals surface area contributed by atoms with Crippen LogP contribution in [0.15, 0.2) is 36.5 Å². The monoisotopic (exact) mass is 448 g/mol. The summed E-state index contributed by atoms with van der Waals surface area (Å²) in [5.41, 5.74) is -0.277. The van der Waals surface area contributed by atoms with Crippen molar-refractivity contribution in [2.75, 3.05) is 26.2 Å². The maximum atomic E-state index is 14.7. The van der Waals surface area contributed by atoms with Crippen molar-refractivity contribution in [2.24, 2.45) is 5.92 Å². The summed E-state index contributed by atoms with van der Waals surface area (Å²) in [5.74, 6) is -1.34. The van der Waals surface area contributed by atoms with Gasteiger partial charge in [-0.2, -0.15) is 0 Å². The topological polar surface area (TPSA) is 62.7 Å². The Balaban J connectivity index is 1.86. The number of nitrogens with zero attached hydrogens (tertiary/aromatic N) is 2. The van der Waals surface area contributed by atoms with Gasteiger partial charge >= 0.3 is 5.97 Å². The average molecular weight is 449 g/mol. The molecule has 0 aliphatic heterocycles. The van der Waals surface area contributed by atoms with Crippen molar-refractivity contribution >= 4 is 5.97 Å². The van der Waals surface area contributed by atoms with E-state index in [1.165, 1.54) is 12.1 Å². The van der Waals surface area contributed by atoms with Crippen LogP contribution in [0.25, 0.3) is 11.1 Å². The van der Waals surface area contributed by atoms with Crippen LogP contribution >= 0.6 is 0 Å². The molecule has 1 atom stereocenters. The Kier molecular flexibility index (Phi) is 9.57. The Hall–Kier alpha value is -2.54. The first-order chi connectivity index (χ1) is 15.2. The molecule has 176 valence electrons. The highest BCUT2D eigenvalue weighted by atomic mass is 19.1. The summed E-state index contributed by atoms with van der Waals surface area (Å²) in [7, 11) is 0. The number of carbonyl (C=O) groups is 1. The first-order valence-corrected chi connectivity index (χ1v) is 11.2. The van der Waals surface area contributed by atoms with Gasteiger partial charge in [-0.05, 0) is 62.0 Å². The van der Waals surface area contributed by atoms with Gasteiger partial charge in [0.25, 0.3) is 0 Å². The van der Waals surface area contributed by atoms with Crippen LogP contribution in [0.4, 0.5) is 8.78 Å². The summed E-state index contributed by atoms with van der Waals surface area (Å²) in [6, 6.07) is 7.45. The molecule has 0 radical (unpaired) electrons. The van der Waals surface area contributed by atoms with Gasteiger partial charge in [0.2, 0.25) is 5.88 Å². The van der Waals surface area contributed by atoms with Gasteiger partial charge in [0.1, 0.15) is 11.5 Å². The lowest BCUT2D eigenvalue weighted by atomic mass is 9.98. The van der Waals surface area contributed by atoms with Gasteiger partial charge in [0.05, 0.1) is 12.2 Å². The Morgan fingerprint density at radius 3 is 2.41 bits per heavy atom. The third-order valence-electron chi connectivity index (χ3n) is 5.94. The van der Waals surface area contributed by atoms with Gasteiger partial charge < -0.3 is 14.7 Å². The third-order valence-corrected chi connectivity index (χ3v) is 5.94. The van der Waals surface area contributed by atoms with Crippen LogP contribution in [0.5, 0.6) is 5.88 Å². The largest absolute Gasteiger partial charge is 0.478 e. The van der Waals surface area contributed by atoms with E-state index in [4.69, 9.17) is 9.84 Å². The van der Waals surface area contributed by atoms with E-state index in [0.29, 0.717) is 43.0 Å². The minimum Gasteiger partial charge on any atom is -0.478 e. The molecule has 1 heterocycles. The lowest BCUT2D eigenvalue weighted by molar-refractivity contribution is 0.0691. The molecule has 5 nitrogen and oxygen atoms in total. The second kappa shape index (κ2) is 11.9. The molecule has 0 aliphatic rings. The third kappa shape index (κ3) is 7.26. The van der Waals surface area contributed by atoms with Gasteiger partial charge in [0, 0.05) is 24.4 Å². The van der Waals surface area contributed by atoms with Gasteiger partial charge in [-0.15, -0.1) is 0 Å². The zero-order valence-electron chi connectivity index (χ0n) is 19.4. The van der Waals surface area contributed by atoms with Crippen molar-refractivity contribution in [3.63, 3.8) is 0 Å². The fourth-order valence-electron chi connectivity index (χ4n) is 3.44. The van der Waals surface area contributed by atoms with Gasteiger partial charge in [-0.3, -0.25) is 0 Å². The summed E-state index contributed by atoms with van der Waals surface area (Å²) >= 11 is 0. The number of aromatic nitrogens is 1. The van der Waals surface area contributed by atoms with Gasteiger partial charge in [-0.1, -0.05) is 33.8 Å². The number of rotatable bonds is 13. The highest BCUT2D eigenvalue weighted by Crippen LogP contribution is 2.24. The molecule has 7 heteroatoms. The Morgan fingerprint density at radius 2 is 1.88 bits per heavy atom. The highest BCUT2D eigenvalue weighted by Gasteiger charge is 2.27. The normalized spacial score (nSPS) is 12.7. The number of aromatic carboxylic acids is 1. The molecule has 0 aliphatic carbocycles. The summed E-state index contributed by atoms with van der Waals surface area (Å²) < 4.78 is 34.4. The molecule has 32 heavy (non-hydrogen) atoms. The van der Waals surface area contributed by atoms with Crippen LogP contribution in [-0.2, 0) is 0 Å². The zero-order chi connectivity index (χ0) is 23.7. The number of hydrogen-bond acceptors (Lipinski definition) is 4. The molecule has 2 aromatic rings. The first-order valence-electron chi connectivity index (χ1n) is 11.2. The quantitative estimate of drug-likeness (QED) is 0.417. The lowest BCUT2D eigenvalue weighted by Crippen LogP contribution is -2.40. The van der Waals surface area contributed by atoms with E-state index < -0.39 is 17.5 Å². The number of carboxylic acid groups (broad SMARTS) is 1. The molecular formula is C25H34F2N2O3. The number of halogens is 2. The fraction of sp³-hybridized carbons (Fsp3) is 0.520. The van der Waals surface area contributed by atoms with Crippen LogP contribution in [0.2, 0.25) is 0 Å². The standard InChI is InChI=1S/C25H34F2N2O3/c1-5-25(27,6-2)17-29(7-3)13-12-18(4)16-32-23-11-9-20(15-28-23)19-8-10-21(24(30)31)22(26)14-19/h8-11,14-15,18H,5-7,12-13,16-17H2,1-4H3,(H,30,31). The minimum atomic E-state index is -1.30. The van der Waals surface area contributed by atoms with Crippen molar-refractivity contribution in [1.82, 2.24) is 9.88 Å². The SMILES string of the molecule is CCN(CCC(C)COc1ccc(-c2ccc(C(=O)O)c(F)c2)cn1)CC(F)(CC)CC. The summed E-state index contributed by atoms with van der Waals surface area (Å²) in [6.45, 7) is 10.5. The molecule has 1 aromatic carbocycles. The van der Waals surface area contributed by atoms with E-state index in [9.17, 15) is 13.6 Å². The Morgan fingerprint density at radius 1 is 1.19 bits per heavy atom. The van der Waals surface area contributed by atoms with Crippen LogP contribution in [0.3, 0.4) is 0 Å². The van der Waals surface area contributed by atoms with E-state index in [1.54, 1.807) is 24.4 Å². The van der Waals surface area contributed by atoms with Crippen LogP contribution < -0.4 is 4.74 Å². The van der Waals surface area contributed by atoms with E-state index in [1.807, 2.05) is 13.8 Å². The van der Waals surface area contributed by atoms with Crippen LogP contribution in [-0.4, -0.2) is 52.9 Å². The summed E-state index contributed by atoms with van der Waals surface area (Å²) in [5, 5.41) is 8.93. The summed E-state index contributed by atoms with van der Waals surface area (Å²) in [4.78, 5) is 17.4. The number of pyridine rings is 1. The van der Waals surface area contributed by atoms with E-state index in [-0.39, 0.29) is 11.5 Å². The number of benzene rings is 1. The Labute approximate surface area is 189 Å². The minimum absolute atomic E-state index is 0.278. The molecule has 0 saturated carbocycles. The van der Waals surface area contributed by atoms with E-state index in [0.717, 1.165) is 19.5 Å². The van der Waals surface area contributed by atoms with Crippen molar-refractivity contribution in [1.29, 1.82) is 0 Å². The number of ether oxygens (including phenoxy) is 1. The average Bonchev–Trinajstić information content (AvgIpc) is 2.80. The fourth-order valence-corrected chi connectivity index (χ4v) is 3.44. The molecule has 2 rings (SSSR count). The zero-order valence-corrected chi connectivity index (χ0v) is 19.4. The maximum absolute atomic E-state index is 14.7. The Bertz CT molecular complexity index is 870. The molecule has 1 N–H and O–H groups in total. The van der Waals surface area contributed by atoms with E-state index >= 15 is 0 Å². The van der Waals surface area contributed by atoms with Crippen molar-refractivity contribution in [2.45, 2.75) is 52.6 Å². The first kappa shape index (κ1) is 25.7. The van der Waals surface area contributed by atoms with Crippen LogP contribution in [0.1, 0.15) is 57.3 Å². The second-order valence-corrected chi connectivity index (χ2v) is 8.32. The predicted octanol–water partition coefficient (Wildman–Crippen LogP) is 5.84. The van der Waals surface area contributed by atoms with E-state index in [2.05, 4.69) is 23.7 Å². The van der Waals surface area contributed by atoms with Crippen LogP contribution in [0, 0.1) is 11.7 Å². The molecule has 0 bridgehead atoms. The number of alkyl halides is 1. The van der Waals surface area contributed by atoms with Gasteiger partial charge in [0.15, 0.2) is 0 Å². The molecule has 1 aromatic heterocycles. The molecule has 0 saturated heterocycles. The predicted molar refractivity (Wildman–Crippen MR) is 122 cm³/mol. The van der Waals surface area contributed by atoms with Crippen molar-refractivity contribution in [3.05, 3.63) is 47.9 Å². The molecule has 0 fully saturated rings. The highest BCUT2D eigenvalue weighted by molar-refractivity contribution is 5.88. The lowest BCUT2D eigenvalue weighted by Gasteiger charge is -2.31.